The maximum atomic E-state index is 11.7. The molecule has 5 heteroatoms. The fraction of sp³-hybridized carbons (Fsp3) is 0.667. The summed E-state index contributed by atoms with van der Waals surface area (Å²) in [6.07, 6.45) is 0.168. The predicted octanol–water partition coefficient (Wildman–Crippen LogP) is 1.03. The lowest BCUT2D eigenvalue weighted by Crippen LogP contribution is -2.44. The van der Waals surface area contributed by atoms with E-state index in [1.165, 1.54) is 7.11 Å². The zero-order chi connectivity index (χ0) is 12.6. The molecule has 0 aliphatic carbocycles. The summed E-state index contributed by atoms with van der Waals surface area (Å²) < 4.78 is 15.4. The SMILES string of the molecule is COC(=O)C1=C(C)O[C@H](C)[C@@H]2COC(=O)C[C@H]12. The highest BCUT2D eigenvalue weighted by Gasteiger charge is 2.44. The number of hydrogen-bond donors (Lipinski definition) is 0. The smallest absolute Gasteiger partial charge is 0.337 e. The Morgan fingerprint density at radius 1 is 1.47 bits per heavy atom. The predicted molar refractivity (Wildman–Crippen MR) is 57.8 cm³/mol. The zero-order valence-electron chi connectivity index (χ0n) is 10.2. The van der Waals surface area contributed by atoms with E-state index in [1.54, 1.807) is 6.92 Å². The van der Waals surface area contributed by atoms with E-state index >= 15 is 0 Å². The Balaban J connectivity index is 2.36. The van der Waals surface area contributed by atoms with Gasteiger partial charge in [-0.05, 0) is 13.8 Å². The van der Waals surface area contributed by atoms with Crippen molar-refractivity contribution < 1.29 is 23.8 Å². The molecule has 2 rings (SSSR count). The molecule has 1 saturated heterocycles. The molecular formula is C12H16O5. The first-order valence-corrected chi connectivity index (χ1v) is 5.66. The van der Waals surface area contributed by atoms with Gasteiger partial charge >= 0.3 is 11.9 Å². The molecule has 2 aliphatic rings. The second kappa shape index (κ2) is 4.39. The standard InChI is InChI=1S/C12H16O5/c1-6-9-5-16-10(13)4-8(9)11(7(2)17-6)12(14)15-3/h6,8-9H,4-5H2,1-3H3/t6-,8+,9+/m1/s1. The van der Waals surface area contributed by atoms with Crippen molar-refractivity contribution in [2.75, 3.05) is 13.7 Å². The molecule has 0 aromatic carbocycles. The van der Waals surface area contributed by atoms with Crippen LogP contribution in [0.5, 0.6) is 0 Å². The molecule has 94 valence electrons. The van der Waals surface area contributed by atoms with Crippen molar-refractivity contribution in [2.45, 2.75) is 26.4 Å². The van der Waals surface area contributed by atoms with Crippen molar-refractivity contribution in [3.8, 4) is 0 Å². The van der Waals surface area contributed by atoms with Crippen molar-refractivity contribution in [1.82, 2.24) is 0 Å². The monoisotopic (exact) mass is 240 g/mol. The summed E-state index contributed by atoms with van der Waals surface area (Å²) in [5, 5.41) is 0. The maximum Gasteiger partial charge on any atom is 0.337 e. The van der Waals surface area contributed by atoms with E-state index in [-0.39, 0.29) is 30.3 Å². The average molecular weight is 240 g/mol. The number of ether oxygens (including phenoxy) is 3. The first-order chi connectivity index (χ1) is 8.04. The van der Waals surface area contributed by atoms with Crippen LogP contribution in [-0.2, 0) is 23.8 Å². The molecule has 0 bridgehead atoms. The molecule has 0 radical (unpaired) electrons. The molecule has 0 unspecified atom stereocenters. The lowest BCUT2D eigenvalue weighted by atomic mass is 9.77. The number of carbonyl (C=O) groups is 2. The quantitative estimate of drug-likeness (QED) is 0.641. The van der Waals surface area contributed by atoms with Crippen LogP contribution in [0, 0.1) is 11.8 Å². The summed E-state index contributed by atoms with van der Waals surface area (Å²) in [7, 11) is 1.33. The first-order valence-electron chi connectivity index (χ1n) is 5.66. The second-order valence-corrected chi connectivity index (χ2v) is 4.44. The van der Waals surface area contributed by atoms with E-state index in [0.717, 1.165) is 0 Å². The van der Waals surface area contributed by atoms with Gasteiger partial charge in [0, 0.05) is 11.8 Å². The van der Waals surface area contributed by atoms with Crippen LogP contribution < -0.4 is 0 Å². The lowest BCUT2D eigenvalue weighted by molar-refractivity contribution is -0.158. The van der Waals surface area contributed by atoms with E-state index < -0.39 is 5.97 Å². The summed E-state index contributed by atoms with van der Waals surface area (Å²) in [5.74, 6) is -0.244. The zero-order valence-corrected chi connectivity index (χ0v) is 10.2. The van der Waals surface area contributed by atoms with Gasteiger partial charge in [0.25, 0.3) is 0 Å². The van der Waals surface area contributed by atoms with E-state index in [2.05, 4.69) is 0 Å². The van der Waals surface area contributed by atoms with Crippen molar-refractivity contribution >= 4 is 11.9 Å². The number of hydrogen-bond acceptors (Lipinski definition) is 5. The van der Waals surface area contributed by atoms with Gasteiger partial charge in [0.2, 0.25) is 0 Å². The normalized spacial score (nSPS) is 32.4. The Morgan fingerprint density at radius 2 is 2.18 bits per heavy atom. The summed E-state index contributed by atoms with van der Waals surface area (Å²) in [6.45, 7) is 3.96. The van der Waals surface area contributed by atoms with Gasteiger partial charge < -0.3 is 14.2 Å². The highest BCUT2D eigenvalue weighted by atomic mass is 16.5. The molecule has 3 atom stereocenters. The summed E-state index contributed by atoms with van der Waals surface area (Å²) in [6, 6.07) is 0. The van der Waals surface area contributed by atoms with E-state index in [1.807, 2.05) is 6.92 Å². The van der Waals surface area contributed by atoms with Crippen molar-refractivity contribution in [2.24, 2.45) is 11.8 Å². The molecule has 5 nitrogen and oxygen atoms in total. The maximum absolute atomic E-state index is 11.7. The van der Waals surface area contributed by atoms with Crippen molar-refractivity contribution in [1.29, 1.82) is 0 Å². The molecule has 0 aromatic heterocycles. The number of esters is 2. The fourth-order valence-corrected chi connectivity index (χ4v) is 2.57. The van der Waals surface area contributed by atoms with Crippen LogP contribution >= 0.6 is 0 Å². The van der Waals surface area contributed by atoms with Gasteiger partial charge in [-0.2, -0.15) is 0 Å². The minimum atomic E-state index is -0.417. The lowest BCUT2D eigenvalue weighted by Gasteiger charge is -2.39. The Morgan fingerprint density at radius 3 is 2.82 bits per heavy atom. The van der Waals surface area contributed by atoms with Crippen LogP contribution in [0.25, 0.3) is 0 Å². The molecule has 2 heterocycles. The van der Waals surface area contributed by atoms with Crippen LogP contribution in [0.15, 0.2) is 11.3 Å². The Hall–Kier alpha value is -1.52. The number of allylic oxidation sites excluding steroid dienone is 1. The number of fused-ring (bicyclic) bond motifs is 1. The van der Waals surface area contributed by atoms with Crippen LogP contribution in [0.1, 0.15) is 20.3 Å². The third-order valence-electron chi connectivity index (χ3n) is 3.46. The van der Waals surface area contributed by atoms with E-state index in [9.17, 15) is 9.59 Å². The minimum Gasteiger partial charge on any atom is -0.494 e. The van der Waals surface area contributed by atoms with Crippen molar-refractivity contribution in [3.05, 3.63) is 11.3 Å². The summed E-state index contributed by atoms with van der Waals surface area (Å²) >= 11 is 0. The number of rotatable bonds is 1. The van der Waals surface area contributed by atoms with Crippen LogP contribution in [-0.4, -0.2) is 31.8 Å². The second-order valence-electron chi connectivity index (χ2n) is 4.44. The summed E-state index contributed by atoms with van der Waals surface area (Å²) in [4.78, 5) is 23.1. The first kappa shape index (κ1) is 12.0. The van der Waals surface area contributed by atoms with Gasteiger partial charge in [0.05, 0.1) is 25.7 Å². The van der Waals surface area contributed by atoms with Gasteiger partial charge in [0.15, 0.2) is 0 Å². The highest BCUT2D eigenvalue weighted by Crippen LogP contribution is 2.39. The third kappa shape index (κ3) is 2.01. The number of carbonyl (C=O) groups excluding carboxylic acids is 2. The topological polar surface area (TPSA) is 61.8 Å². The fourth-order valence-electron chi connectivity index (χ4n) is 2.57. The van der Waals surface area contributed by atoms with Crippen molar-refractivity contribution in [3.63, 3.8) is 0 Å². The molecule has 0 N–H and O–H groups in total. The Kier molecular flexibility index (Phi) is 3.09. The summed E-state index contributed by atoms with van der Waals surface area (Å²) in [5.41, 5.74) is 0.479. The molecule has 0 aromatic rings. The van der Waals surface area contributed by atoms with Gasteiger partial charge in [-0.25, -0.2) is 4.79 Å². The number of cyclic esters (lactones) is 1. The molecule has 0 saturated carbocycles. The molecule has 1 fully saturated rings. The largest absolute Gasteiger partial charge is 0.494 e. The Bertz CT molecular complexity index is 384. The third-order valence-corrected chi connectivity index (χ3v) is 3.46. The van der Waals surface area contributed by atoms with Crippen LogP contribution in [0.3, 0.4) is 0 Å². The molecular weight excluding hydrogens is 224 g/mol. The van der Waals surface area contributed by atoms with Gasteiger partial charge in [-0.3, -0.25) is 4.79 Å². The van der Waals surface area contributed by atoms with Gasteiger partial charge in [-0.15, -0.1) is 0 Å². The van der Waals surface area contributed by atoms with Crippen LogP contribution in [0.4, 0.5) is 0 Å². The molecule has 0 spiro atoms. The van der Waals surface area contributed by atoms with E-state index in [4.69, 9.17) is 14.2 Å². The number of methoxy groups -OCH3 is 1. The van der Waals surface area contributed by atoms with Gasteiger partial charge in [-0.1, -0.05) is 0 Å². The van der Waals surface area contributed by atoms with Crippen LogP contribution in [0.2, 0.25) is 0 Å². The van der Waals surface area contributed by atoms with Gasteiger partial charge in [0.1, 0.15) is 11.9 Å². The highest BCUT2D eigenvalue weighted by molar-refractivity contribution is 5.91. The molecule has 0 amide bonds. The molecule has 2 aliphatic heterocycles. The molecule has 17 heavy (non-hydrogen) atoms. The average Bonchev–Trinajstić information content (AvgIpc) is 2.28. The van der Waals surface area contributed by atoms with E-state index in [0.29, 0.717) is 17.9 Å². The minimum absolute atomic E-state index is 0.0329. The Labute approximate surface area is 99.7 Å².